The zero-order valence-corrected chi connectivity index (χ0v) is 6.15. The Hall–Kier alpha value is -0.850. The minimum absolute atomic E-state index is 0.201. The fourth-order valence-corrected chi connectivity index (χ4v) is 1.01. The van der Waals surface area contributed by atoms with Crippen molar-refractivity contribution in [3.63, 3.8) is 0 Å². The van der Waals surface area contributed by atoms with E-state index in [2.05, 4.69) is 4.42 Å². The second kappa shape index (κ2) is 2.65. The first-order valence-electron chi connectivity index (χ1n) is 2.69. The lowest BCUT2D eigenvalue weighted by molar-refractivity contribution is 0.209. The van der Waals surface area contributed by atoms with Crippen LogP contribution < -0.4 is 0 Å². The van der Waals surface area contributed by atoms with Gasteiger partial charge in [-0.05, 0) is 12.1 Å². The van der Waals surface area contributed by atoms with Crippen molar-refractivity contribution in [3.05, 3.63) is 24.2 Å². The first-order valence-corrected chi connectivity index (χ1v) is 4.20. The Bertz CT molecular complexity index is 311. The van der Waals surface area contributed by atoms with Gasteiger partial charge >= 0.3 is 0 Å². The van der Waals surface area contributed by atoms with Gasteiger partial charge in [-0.25, -0.2) is 0 Å². The molecule has 0 unspecified atom stereocenters. The molecule has 0 aliphatic heterocycles. The summed E-state index contributed by atoms with van der Waals surface area (Å²) in [5.41, 5.74) is -1.99. The normalized spacial score (nSPS) is 14.7. The SMILES string of the molecule is O=S(=O)(O)[C@H](O)c1ccco1. The number of hydrogen-bond acceptors (Lipinski definition) is 4. The molecule has 6 heteroatoms. The fourth-order valence-electron chi connectivity index (χ4n) is 0.579. The van der Waals surface area contributed by atoms with Gasteiger partial charge in [0.25, 0.3) is 10.1 Å². The Balaban J connectivity index is 2.97. The lowest BCUT2D eigenvalue weighted by Gasteiger charge is -2.01. The predicted octanol–water partition coefficient (Wildman–Crippen LogP) is 0.158. The highest BCUT2D eigenvalue weighted by molar-refractivity contribution is 7.85. The summed E-state index contributed by atoms with van der Waals surface area (Å²) in [7, 11) is -4.46. The zero-order chi connectivity index (χ0) is 8.48. The van der Waals surface area contributed by atoms with E-state index in [-0.39, 0.29) is 5.76 Å². The smallest absolute Gasteiger partial charge is 0.299 e. The number of rotatable bonds is 2. The van der Waals surface area contributed by atoms with Crippen LogP contribution in [0.5, 0.6) is 0 Å². The maximum atomic E-state index is 10.3. The van der Waals surface area contributed by atoms with Gasteiger partial charge in [-0.3, -0.25) is 4.55 Å². The van der Waals surface area contributed by atoms with Crippen LogP contribution in [0.1, 0.15) is 11.2 Å². The molecule has 0 amide bonds. The minimum atomic E-state index is -4.46. The largest absolute Gasteiger partial charge is 0.465 e. The Labute approximate surface area is 63.0 Å². The molecule has 0 radical (unpaired) electrons. The summed E-state index contributed by atoms with van der Waals surface area (Å²) < 4.78 is 33.4. The third-order valence-electron chi connectivity index (χ3n) is 1.07. The van der Waals surface area contributed by atoms with E-state index < -0.39 is 15.6 Å². The van der Waals surface area contributed by atoms with Crippen molar-refractivity contribution in [1.82, 2.24) is 0 Å². The van der Waals surface area contributed by atoms with Gasteiger partial charge in [-0.15, -0.1) is 0 Å². The molecule has 11 heavy (non-hydrogen) atoms. The summed E-state index contributed by atoms with van der Waals surface area (Å²) in [6.45, 7) is 0. The highest BCUT2D eigenvalue weighted by Gasteiger charge is 2.23. The van der Waals surface area contributed by atoms with Crippen molar-refractivity contribution < 1.29 is 22.5 Å². The first-order chi connectivity index (χ1) is 5.02. The van der Waals surface area contributed by atoms with Gasteiger partial charge in [-0.2, -0.15) is 8.42 Å². The molecular weight excluding hydrogens is 172 g/mol. The van der Waals surface area contributed by atoms with Crippen molar-refractivity contribution in [2.24, 2.45) is 0 Å². The third-order valence-corrected chi connectivity index (χ3v) is 1.87. The van der Waals surface area contributed by atoms with Crippen LogP contribution in [0, 0.1) is 0 Å². The molecule has 1 heterocycles. The van der Waals surface area contributed by atoms with Crippen molar-refractivity contribution in [1.29, 1.82) is 0 Å². The maximum Gasteiger partial charge on any atom is 0.299 e. The third kappa shape index (κ3) is 1.79. The standard InChI is InChI=1S/C5H6O5S/c6-5(11(7,8)9)4-2-1-3-10-4/h1-3,5-6H,(H,7,8,9)/t5-/m0/s1. The van der Waals surface area contributed by atoms with E-state index in [9.17, 15) is 8.42 Å². The number of furan rings is 1. The van der Waals surface area contributed by atoms with Crippen LogP contribution in [0.3, 0.4) is 0 Å². The van der Waals surface area contributed by atoms with Crippen LogP contribution in [0.25, 0.3) is 0 Å². The van der Waals surface area contributed by atoms with E-state index in [1.165, 1.54) is 18.4 Å². The lowest BCUT2D eigenvalue weighted by atomic mass is 10.5. The van der Waals surface area contributed by atoms with Crippen LogP contribution in [0.2, 0.25) is 0 Å². The number of aliphatic hydroxyl groups excluding tert-OH is 1. The van der Waals surface area contributed by atoms with Gasteiger partial charge in [0.15, 0.2) is 0 Å². The van der Waals surface area contributed by atoms with Crippen molar-refractivity contribution in [2.45, 2.75) is 5.44 Å². The van der Waals surface area contributed by atoms with Crippen LogP contribution >= 0.6 is 0 Å². The molecule has 5 nitrogen and oxygen atoms in total. The highest BCUT2D eigenvalue weighted by Crippen LogP contribution is 2.17. The van der Waals surface area contributed by atoms with E-state index >= 15 is 0 Å². The molecule has 0 aliphatic rings. The lowest BCUT2D eigenvalue weighted by Crippen LogP contribution is -2.09. The van der Waals surface area contributed by atoms with E-state index in [0.717, 1.165) is 0 Å². The van der Waals surface area contributed by atoms with Crippen LogP contribution in [-0.4, -0.2) is 18.1 Å². The first kappa shape index (κ1) is 8.25. The summed E-state index contributed by atoms with van der Waals surface area (Å²) in [5.74, 6) is -0.201. The van der Waals surface area contributed by atoms with E-state index in [0.29, 0.717) is 0 Å². The fraction of sp³-hybridized carbons (Fsp3) is 0.200. The van der Waals surface area contributed by atoms with Gasteiger partial charge in [-0.1, -0.05) is 0 Å². The zero-order valence-electron chi connectivity index (χ0n) is 5.34. The Morgan fingerprint density at radius 1 is 1.55 bits per heavy atom. The number of aliphatic hydroxyl groups is 1. The van der Waals surface area contributed by atoms with E-state index in [4.69, 9.17) is 9.66 Å². The molecule has 1 aromatic rings. The van der Waals surface area contributed by atoms with Crippen LogP contribution in [0.4, 0.5) is 0 Å². The molecule has 0 saturated heterocycles. The molecule has 1 rings (SSSR count). The Kier molecular flexibility index (Phi) is 1.99. The van der Waals surface area contributed by atoms with E-state index in [1.807, 2.05) is 0 Å². The van der Waals surface area contributed by atoms with Crippen LogP contribution in [-0.2, 0) is 10.1 Å². The van der Waals surface area contributed by atoms with Crippen molar-refractivity contribution in [2.75, 3.05) is 0 Å². The average Bonchev–Trinajstić information content (AvgIpc) is 2.34. The number of hydrogen-bond donors (Lipinski definition) is 2. The monoisotopic (exact) mass is 178 g/mol. The molecule has 0 saturated carbocycles. The average molecular weight is 178 g/mol. The molecule has 1 aromatic heterocycles. The quantitative estimate of drug-likeness (QED) is 0.630. The molecule has 1 atom stereocenters. The summed E-state index contributed by atoms with van der Waals surface area (Å²) in [4.78, 5) is 0. The molecule has 62 valence electrons. The molecule has 2 N–H and O–H groups in total. The van der Waals surface area contributed by atoms with E-state index in [1.54, 1.807) is 0 Å². The van der Waals surface area contributed by atoms with Crippen molar-refractivity contribution >= 4 is 10.1 Å². The van der Waals surface area contributed by atoms with Gasteiger partial charge in [0.1, 0.15) is 5.76 Å². The highest BCUT2D eigenvalue weighted by atomic mass is 32.2. The van der Waals surface area contributed by atoms with Gasteiger partial charge in [0, 0.05) is 0 Å². The minimum Gasteiger partial charge on any atom is -0.465 e. The Morgan fingerprint density at radius 3 is 2.55 bits per heavy atom. The molecule has 0 aromatic carbocycles. The second-order valence-electron chi connectivity index (χ2n) is 1.88. The topological polar surface area (TPSA) is 87.7 Å². The molecule has 0 bridgehead atoms. The van der Waals surface area contributed by atoms with Crippen LogP contribution in [0.15, 0.2) is 22.8 Å². The van der Waals surface area contributed by atoms with Crippen molar-refractivity contribution in [3.8, 4) is 0 Å². The van der Waals surface area contributed by atoms with Gasteiger partial charge < -0.3 is 9.52 Å². The van der Waals surface area contributed by atoms with Gasteiger partial charge in [0.2, 0.25) is 5.44 Å². The van der Waals surface area contributed by atoms with Gasteiger partial charge in [0.05, 0.1) is 6.26 Å². The summed E-state index contributed by atoms with van der Waals surface area (Å²) in [6, 6.07) is 2.65. The summed E-state index contributed by atoms with van der Waals surface area (Å²) >= 11 is 0. The molecule has 0 aliphatic carbocycles. The summed E-state index contributed by atoms with van der Waals surface area (Å²) in [6.07, 6.45) is 1.20. The maximum absolute atomic E-state index is 10.3. The second-order valence-corrected chi connectivity index (χ2v) is 3.36. The molecule has 0 spiro atoms. The molecular formula is C5H6O5S. The molecule has 0 fully saturated rings. The predicted molar refractivity (Wildman–Crippen MR) is 35.2 cm³/mol. The summed E-state index contributed by atoms with van der Waals surface area (Å²) in [5, 5.41) is 8.81. The Morgan fingerprint density at radius 2 is 2.18 bits per heavy atom.